The highest BCUT2D eigenvalue weighted by Crippen LogP contribution is 2.28. The number of rotatable bonds is 0. The Morgan fingerprint density at radius 1 is 1.44 bits per heavy atom. The van der Waals surface area contributed by atoms with Crippen LogP contribution in [0.15, 0.2) is 0 Å². The summed E-state index contributed by atoms with van der Waals surface area (Å²) in [5, 5.41) is 0.0285. The summed E-state index contributed by atoms with van der Waals surface area (Å²) >= 11 is 9.85. The highest BCUT2D eigenvalue weighted by Gasteiger charge is 2.26. The van der Waals surface area contributed by atoms with Crippen LogP contribution >= 0.6 is 24.2 Å². The Labute approximate surface area is 65.2 Å². The lowest BCUT2D eigenvalue weighted by Crippen LogP contribution is -2.26. The molecule has 54 valence electrons. The summed E-state index contributed by atoms with van der Waals surface area (Å²) < 4.78 is 12.6. The van der Waals surface area contributed by atoms with Crippen molar-refractivity contribution in [2.45, 2.75) is 36.1 Å². The summed E-state index contributed by atoms with van der Waals surface area (Å²) in [6.45, 7) is 0. The first kappa shape index (κ1) is 7.67. The van der Waals surface area contributed by atoms with Crippen LogP contribution in [0.3, 0.4) is 0 Å². The van der Waals surface area contributed by atoms with Gasteiger partial charge < -0.3 is 0 Å². The van der Waals surface area contributed by atoms with Crippen LogP contribution in [0.25, 0.3) is 0 Å². The van der Waals surface area contributed by atoms with E-state index in [-0.39, 0.29) is 5.38 Å². The summed E-state index contributed by atoms with van der Waals surface area (Å²) in [7, 11) is 0. The summed E-state index contributed by atoms with van der Waals surface area (Å²) in [6, 6.07) is 0. The first-order valence-electron chi connectivity index (χ1n) is 3.16. The van der Waals surface area contributed by atoms with E-state index in [2.05, 4.69) is 12.6 Å². The minimum absolute atomic E-state index is 0.291. The van der Waals surface area contributed by atoms with Crippen LogP contribution in [0.5, 0.6) is 0 Å². The minimum atomic E-state index is -0.796. The number of hydrogen-bond acceptors (Lipinski definition) is 1. The molecule has 0 aromatic carbocycles. The van der Waals surface area contributed by atoms with Gasteiger partial charge in [-0.15, -0.1) is 11.6 Å². The standard InChI is InChI=1S/C6H10ClFS/c7-5-3-4(9)1-2-6(5)8/h4-6,9H,1-3H2. The third kappa shape index (κ3) is 2.01. The van der Waals surface area contributed by atoms with Crippen molar-refractivity contribution >= 4 is 24.2 Å². The van der Waals surface area contributed by atoms with E-state index >= 15 is 0 Å². The Balaban J connectivity index is 2.35. The molecule has 0 aromatic rings. The monoisotopic (exact) mass is 168 g/mol. The fourth-order valence-corrected chi connectivity index (χ4v) is 1.90. The van der Waals surface area contributed by atoms with Gasteiger partial charge in [-0.1, -0.05) is 0 Å². The topological polar surface area (TPSA) is 0 Å². The number of alkyl halides is 2. The van der Waals surface area contributed by atoms with Gasteiger partial charge in [0, 0.05) is 5.25 Å². The summed E-state index contributed by atoms with van der Waals surface area (Å²) in [6.07, 6.45) is 1.37. The van der Waals surface area contributed by atoms with Gasteiger partial charge in [-0.25, -0.2) is 4.39 Å². The van der Waals surface area contributed by atoms with E-state index in [9.17, 15) is 4.39 Å². The molecule has 1 aliphatic rings. The second-order valence-corrected chi connectivity index (χ2v) is 3.79. The number of thiol groups is 1. The van der Waals surface area contributed by atoms with Crippen LogP contribution in [-0.2, 0) is 0 Å². The Morgan fingerprint density at radius 3 is 2.56 bits per heavy atom. The molecule has 0 aliphatic heterocycles. The molecule has 0 heterocycles. The van der Waals surface area contributed by atoms with Crippen molar-refractivity contribution in [3.8, 4) is 0 Å². The van der Waals surface area contributed by atoms with Crippen molar-refractivity contribution in [3.63, 3.8) is 0 Å². The predicted molar refractivity (Wildman–Crippen MR) is 41.2 cm³/mol. The normalized spacial score (nSPS) is 45.0. The Hall–Kier alpha value is 0.570. The van der Waals surface area contributed by atoms with Gasteiger partial charge in [0.1, 0.15) is 6.17 Å². The van der Waals surface area contributed by atoms with Gasteiger partial charge in [-0.3, -0.25) is 0 Å². The molecule has 0 N–H and O–H groups in total. The molecule has 0 nitrogen and oxygen atoms in total. The lowest BCUT2D eigenvalue weighted by molar-refractivity contribution is 0.260. The minimum Gasteiger partial charge on any atom is -0.246 e. The molecule has 3 heteroatoms. The largest absolute Gasteiger partial charge is 0.246 e. The molecular weight excluding hydrogens is 159 g/mol. The highest BCUT2D eigenvalue weighted by molar-refractivity contribution is 7.80. The molecule has 1 saturated carbocycles. The smallest absolute Gasteiger partial charge is 0.116 e. The Morgan fingerprint density at radius 2 is 2.11 bits per heavy atom. The van der Waals surface area contributed by atoms with Crippen LogP contribution < -0.4 is 0 Å². The molecule has 0 saturated heterocycles. The van der Waals surface area contributed by atoms with Gasteiger partial charge in [-0.2, -0.15) is 12.6 Å². The molecule has 1 rings (SSSR count). The van der Waals surface area contributed by atoms with Crippen molar-refractivity contribution in [1.29, 1.82) is 0 Å². The molecule has 0 radical (unpaired) electrons. The van der Waals surface area contributed by atoms with Gasteiger partial charge in [0.25, 0.3) is 0 Å². The van der Waals surface area contributed by atoms with Crippen molar-refractivity contribution in [2.75, 3.05) is 0 Å². The third-order valence-corrected chi connectivity index (χ3v) is 2.59. The lowest BCUT2D eigenvalue weighted by atomic mass is 9.98. The lowest BCUT2D eigenvalue weighted by Gasteiger charge is -2.24. The maximum atomic E-state index is 12.6. The molecular formula is C6H10ClFS. The molecule has 3 unspecified atom stereocenters. The van der Waals surface area contributed by atoms with Crippen LogP contribution in [0.4, 0.5) is 4.39 Å². The zero-order valence-corrected chi connectivity index (χ0v) is 6.71. The zero-order valence-electron chi connectivity index (χ0n) is 5.06. The summed E-state index contributed by atoms with van der Waals surface area (Å²) in [5.41, 5.74) is 0. The SMILES string of the molecule is FC1CCC(S)CC1Cl. The van der Waals surface area contributed by atoms with Crippen molar-refractivity contribution in [3.05, 3.63) is 0 Å². The number of halogens is 2. The molecule has 0 bridgehead atoms. The molecule has 1 fully saturated rings. The van der Waals surface area contributed by atoms with Gasteiger partial charge in [0.2, 0.25) is 0 Å². The third-order valence-electron chi connectivity index (χ3n) is 1.67. The maximum Gasteiger partial charge on any atom is 0.116 e. The fraction of sp³-hybridized carbons (Fsp3) is 1.00. The van der Waals surface area contributed by atoms with E-state index in [1.807, 2.05) is 0 Å². The molecule has 9 heavy (non-hydrogen) atoms. The van der Waals surface area contributed by atoms with Crippen molar-refractivity contribution in [1.82, 2.24) is 0 Å². The van der Waals surface area contributed by atoms with Crippen molar-refractivity contribution < 1.29 is 4.39 Å². The Kier molecular flexibility index (Phi) is 2.65. The van der Waals surface area contributed by atoms with Gasteiger partial charge in [-0.05, 0) is 19.3 Å². The summed E-state index contributed by atoms with van der Waals surface area (Å²) in [4.78, 5) is 0. The predicted octanol–water partition coefficient (Wildman–Crippen LogP) is 2.41. The van der Waals surface area contributed by atoms with E-state index in [0.717, 1.165) is 6.42 Å². The van der Waals surface area contributed by atoms with E-state index in [0.29, 0.717) is 18.1 Å². The maximum absolute atomic E-state index is 12.6. The first-order chi connectivity index (χ1) is 4.20. The first-order valence-corrected chi connectivity index (χ1v) is 4.11. The molecule has 3 atom stereocenters. The molecule has 1 aliphatic carbocycles. The fourth-order valence-electron chi connectivity index (χ4n) is 1.06. The van der Waals surface area contributed by atoms with Crippen LogP contribution in [0, 0.1) is 0 Å². The summed E-state index contributed by atoms with van der Waals surface area (Å²) in [5.74, 6) is 0. The average molecular weight is 169 g/mol. The highest BCUT2D eigenvalue weighted by atomic mass is 35.5. The molecule has 0 aromatic heterocycles. The molecule has 0 amide bonds. The quantitative estimate of drug-likeness (QED) is 0.417. The van der Waals surface area contributed by atoms with Crippen LogP contribution in [-0.4, -0.2) is 16.8 Å². The van der Waals surface area contributed by atoms with E-state index in [1.165, 1.54) is 0 Å². The van der Waals surface area contributed by atoms with Gasteiger partial charge in [0.05, 0.1) is 5.38 Å². The second kappa shape index (κ2) is 3.11. The van der Waals surface area contributed by atoms with E-state index < -0.39 is 6.17 Å². The van der Waals surface area contributed by atoms with E-state index in [4.69, 9.17) is 11.6 Å². The van der Waals surface area contributed by atoms with Crippen molar-refractivity contribution in [2.24, 2.45) is 0 Å². The second-order valence-electron chi connectivity index (χ2n) is 2.50. The van der Waals surface area contributed by atoms with Crippen LogP contribution in [0.1, 0.15) is 19.3 Å². The average Bonchev–Trinajstić information content (AvgIpc) is 1.80. The Bertz CT molecular complexity index is 99.1. The van der Waals surface area contributed by atoms with Gasteiger partial charge in [0.15, 0.2) is 0 Å². The van der Waals surface area contributed by atoms with Gasteiger partial charge >= 0.3 is 0 Å². The number of hydrogen-bond donors (Lipinski definition) is 1. The zero-order chi connectivity index (χ0) is 6.85. The molecule has 0 spiro atoms. The van der Waals surface area contributed by atoms with Crippen LogP contribution in [0.2, 0.25) is 0 Å². The van der Waals surface area contributed by atoms with E-state index in [1.54, 1.807) is 0 Å².